The summed E-state index contributed by atoms with van der Waals surface area (Å²) in [5, 5.41) is 22.9. The van der Waals surface area contributed by atoms with Gasteiger partial charge in [-0.05, 0) is 47.9 Å². The van der Waals surface area contributed by atoms with Crippen molar-refractivity contribution in [3.05, 3.63) is 88.0 Å². The molecular weight excluding hydrogens is 597 g/mol. The van der Waals surface area contributed by atoms with Gasteiger partial charge >= 0.3 is 0 Å². The molecule has 6 atom stereocenters. The smallest absolute Gasteiger partial charge is 0.269 e. The Morgan fingerprint density at radius 2 is 1.58 bits per heavy atom. The number of alkyl halides is 2. The number of nitro benzene ring substituents is 1. The van der Waals surface area contributed by atoms with Gasteiger partial charge < -0.3 is 5.11 Å². The predicted molar refractivity (Wildman–Crippen MR) is 157 cm³/mol. The largest absolute Gasteiger partial charge is 0.507 e. The molecule has 0 bridgehead atoms. The molecule has 218 valence electrons. The first kappa shape index (κ1) is 27.5. The number of anilines is 1. The molecular formula is C31H23Cl2N3O7. The number of halogens is 2. The molecule has 3 fully saturated rings. The third kappa shape index (κ3) is 3.41. The summed E-state index contributed by atoms with van der Waals surface area (Å²) in [5.74, 6) is -5.65. The van der Waals surface area contributed by atoms with Crippen LogP contribution in [0, 0.1) is 27.9 Å². The van der Waals surface area contributed by atoms with Crippen LogP contribution in [0.15, 0.2) is 72.3 Å². The third-order valence-electron chi connectivity index (χ3n) is 9.58. The lowest BCUT2D eigenvalue weighted by Gasteiger charge is -2.51. The van der Waals surface area contributed by atoms with Crippen LogP contribution in [0.1, 0.15) is 24.3 Å². The highest BCUT2D eigenvalue weighted by molar-refractivity contribution is 6.53. The Bertz CT molecular complexity index is 1840. The van der Waals surface area contributed by atoms with Crippen molar-refractivity contribution in [2.75, 3.05) is 11.9 Å². The second-order valence-electron chi connectivity index (χ2n) is 11.5. The topological polar surface area (TPSA) is 138 Å². The number of aromatic hydroxyl groups is 1. The van der Waals surface area contributed by atoms with Crippen molar-refractivity contribution in [2.45, 2.75) is 28.5 Å². The summed E-state index contributed by atoms with van der Waals surface area (Å²) < 4.78 is 0. The summed E-state index contributed by atoms with van der Waals surface area (Å²) in [7, 11) is 1.32. The van der Waals surface area contributed by atoms with E-state index >= 15 is 0 Å². The van der Waals surface area contributed by atoms with Gasteiger partial charge in [0.2, 0.25) is 11.8 Å². The number of amides is 4. The number of benzene rings is 3. The summed E-state index contributed by atoms with van der Waals surface area (Å²) in [6.45, 7) is 0. The fraction of sp³-hybridized carbons (Fsp3) is 0.290. The number of rotatable bonds is 3. The zero-order chi connectivity index (χ0) is 30.6. The number of allylic oxidation sites excluding steroid dienone is 2. The van der Waals surface area contributed by atoms with Gasteiger partial charge in [-0.1, -0.05) is 42.0 Å². The molecule has 0 spiro atoms. The number of hydrogen-bond donors (Lipinski definition) is 1. The second kappa shape index (κ2) is 9.11. The molecule has 0 aromatic heterocycles. The first-order chi connectivity index (χ1) is 20.4. The Kier molecular flexibility index (Phi) is 5.84. The highest BCUT2D eigenvalue weighted by Gasteiger charge is 2.76. The van der Waals surface area contributed by atoms with Crippen LogP contribution >= 0.6 is 23.2 Å². The van der Waals surface area contributed by atoms with Crippen molar-refractivity contribution in [3.63, 3.8) is 0 Å². The second-order valence-corrected chi connectivity index (χ2v) is 12.7. The zero-order valence-electron chi connectivity index (χ0n) is 22.6. The van der Waals surface area contributed by atoms with Crippen molar-refractivity contribution in [1.82, 2.24) is 4.90 Å². The maximum absolute atomic E-state index is 14.1. The molecule has 4 amide bonds. The molecule has 2 saturated heterocycles. The van der Waals surface area contributed by atoms with Crippen LogP contribution in [0.2, 0.25) is 0 Å². The van der Waals surface area contributed by atoms with E-state index in [0.29, 0.717) is 21.9 Å². The van der Waals surface area contributed by atoms with E-state index < -0.39 is 62.0 Å². The Balaban J connectivity index is 1.40. The molecule has 7 rings (SSSR count). The number of nitrogens with zero attached hydrogens (tertiary/aromatic N) is 3. The number of phenols is 1. The van der Waals surface area contributed by atoms with Gasteiger partial charge in [0.1, 0.15) is 5.75 Å². The molecule has 2 aliphatic heterocycles. The summed E-state index contributed by atoms with van der Waals surface area (Å²) >= 11 is 14.5. The number of carbonyl (C=O) groups is 4. The van der Waals surface area contributed by atoms with Crippen LogP contribution in [0.4, 0.5) is 11.4 Å². The number of nitro groups is 1. The van der Waals surface area contributed by atoms with Gasteiger partial charge in [-0.25, -0.2) is 0 Å². The zero-order valence-corrected chi connectivity index (χ0v) is 24.1. The maximum Gasteiger partial charge on any atom is 0.269 e. The molecule has 6 unspecified atom stereocenters. The Morgan fingerprint density at radius 3 is 2.26 bits per heavy atom. The molecule has 2 aliphatic carbocycles. The molecule has 1 N–H and O–H groups in total. The number of hydrogen-bond acceptors (Lipinski definition) is 7. The lowest BCUT2D eigenvalue weighted by Crippen LogP contribution is -2.60. The summed E-state index contributed by atoms with van der Waals surface area (Å²) in [4.78, 5) is 63.9. The number of non-ortho nitro benzene ring substituents is 1. The van der Waals surface area contributed by atoms with E-state index in [1.165, 1.54) is 37.4 Å². The number of likely N-dealkylation sites (tertiary alicyclic amines) is 1. The average molecular weight is 620 g/mol. The molecule has 1 saturated carbocycles. The van der Waals surface area contributed by atoms with Gasteiger partial charge in [-0.15, -0.1) is 23.2 Å². The fourth-order valence-electron chi connectivity index (χ4n) is 7.63. The van der Waals surface area contributed by atoms with E-state index in [0.717, 1.165) is 9.80 Å². The van der Waals surface area contributed by atoms with Crippen molar-refractivity contribution < 1.29 is 29.2 Å². The predicted octanol–water partition coefficient (Wildman–Crippen LogP) is 4.65. The van der Waals surface area contributed by atoms with Gasteiger partial charge in [0, 0.05) is 30.5 Å². The van der Waals surface area contributed by atoms with E-state index in [1.54, 1.807) is 30.3 Å². The van der Waals surface area contributed by atoms with E-state index in [2.05, 4.69) is 0 Å². The van der Waals surface area contributed by atoms with Crippen molar-refractivity contribution in [1.29, 1.82) is 0 Å². The number of imide groups is 2. The highest BCUT2D eigenvalue weighted by Crippen LogP contribution is 2.66. The van der Waals surface area contributed by atoms with E-state index in [9.17, 15) is 34.4 Å². The van der Waals surface area contributed by atoms with Crippen LogP contribution < -0.4 is 4.90 Å². The van der Waals surface area contributed by atoms with Gasteiger partial charge in [0.05, 0.1) is 22.4 Å². The summed E-state index contributed by atoms with van der Waals surface area (Å²) in [6.07, 6.45) is 1.86. The van der Waals surface area contributed by atoms with E-state index in [1.807, 2.05) is 6.08 Å². The molecule has 3 aromatic rings. The normalized spacial score (nSPS) is 31.7. The van der Waals surface area contributed by atoms with Gasteiger partial charge in [0.15, 0.2) is 9.75 Å². The molecule has 12 heteroatoms. The maximum atomic E-state index is 14.1. The Labute approximate surface area is 254 Å². The molecule has 10 nitrogen and oxygen atoms in total. The number of phenolic OH excluding ortho intramolecular Hbond substituents is 1. The highest BCUT2D eigenvalue weighted by atomic mass is 35.5. The third-order valence-corrected chi connectivity index (χ3v) is 11.0. The first-order valence-corrected chi connectivity index (χ1v) is 14.4. The SMILES string of the molecule is CN1C(=O)C2(Cl)CC3C(=CCC4C(=O)N(c5ccc([N+](=O)[O-])cc5)C(=O)C43)C(c3ccc(O)c4ccccc34)C2(Cl)C1=O. The number of fused-ring (bicyclic) bond motifs is 5. The van der Waals surface area contributed by atoms with Crippen molar-refractivity contribution in [2.24, 2.45) is 17.8 Å². The number of carbonyl (C=O) groups excluding carboxylic acids is 4. The molecule has 4 aliphatic rings. The molecule has 0 radical (unpaired) electrons. The fourth-order valence-corrected chi connectivity index (χ4v) is 8.64. The first-order valence-electron chi connectivity index (χ1n) is 13.6. The van der Waals surface area contributed by atoms with Crippen LogP contribution in [0.25, 0.3) is 10.8 Å². The molecule has 2 heterocycles. The monoisotopic (exact) mass is 619 g/mol. The minimum Gasteiger partial charge on any atom is -0.507 e. The van der Waals surface area contributed by atoms with Crippen LogP contribution in [-0.2, 0) is 19.2 Å². The standard InChI is InChI=1S/C31H23Cl2N3O7/c1-34-28(40)30(32)14-22-20(25(31(30,33)29(34)41)19-12-13-23(37)18-5-3-2-4-17(18)19)10-11-21-24(22)27(39)35(26(21)38)15-6-8-16(9-7-15)36(42)43/h2-10,12-13,21-22,24-25,37H,11,14H2,1H3. The average Bonchev–Trinajstić information content (AvgIpc) is 3.33. The molecule has 43 heavy (non-hydrogen) atoms. The quantitative estimate of drug-likeness (QED) is 0.148. The lowest BCUT2D eigenvalue weighted by atomic mass is 9.56. The van der Waals surface area contributed by atoms with Gasteiger partial charge in [-0.2, -0.15) is 0 Å². The van der Waals surface area contributed by atoms with Crippen LogP contribution in [0.3, 0.4) is 0 Å². The van der Waals surface area contributed by atoms with Crippen molar-refractivity contribution >= 4 is 69.0 Å². The van der Waals surface area contributed by atoms with Crippen molar-refractivity contribution in [3.8, 4) is 5.75 Å². The van der Waals surface area contributed by atoms with E-state index in [4.69, 9.17) is 23.2 Å². The summed E-state index contributed by atoms with van der Waals surface area (Å²) in [5.41, 5.74) is 1.21. The van der Waals surface area contributed by atoms with Gasteiger partial charge in [0.25, 0.3) is 17.5 Å². The van der Waals surface area contributed by atoms with E-state index in [-0.39, 0.29) is 30.0 Å². The van der Waals surface area contributed by atoms with Gasteiger partial charge in [-0.3, -0.25) is 39.1 Å². The van der Waals surface area contributed by atoms with Crippen LogP contribution in [0.5, 0.6) is 5.75 Å². The van der Waals surface area contributed by atoms with Crippen LogP contribution in [-0.4, -0.2) is 55.4 Å². The molecule has 3 aromatic carbocycles. The Morgan fingerprint density at radius 1 is 0.907 bits per heavy atom. The lowest BCUT2D eigenvalue weighted by molar-refractivity contribution is -0.384. The minimum absolute atomic E-state index is 0.0198. The summed E-state index contributed by atoms with van der Waals surface area (Å²) in [6, 6.07) is 15.3. The minimum atomic E-state index is -1.95. The Hall–Kier alpha value is -4.28.